The number of hydrogen-bond donors (Lipinski definition) is 2. The summed E-state index contributed by atoms with van der Waals surface area (Å²) in [6.45, 7) is 8.79. The van der Waals surface area contributed by atoms with Gasteiger partial charge in [0, 0.05) is 23.1 Å². The molecule has 0 spiro atoms. The highest BCUT2D eigenvalue weighted by Gasteiger charge is 2.23. The molecular weight excluding hydrogens is 386 g/mol. The molecule has 0 fully saturated rings. The number of hydrogen-bond acceptors (Lipinski definition) is 4. The zero-order chi connectivity index (χ0) is 18.3. The Morgan fingerprint density at radius 2 is 2.04 bits per heavy atom. The lowest BCUT2D eigenvalue weighted by Crippen LogP contribution is -2.17. The van der Waals surface area contributed by atoms with Gasteiger partial charge in [-0.05, 0) is 41.4 Å². The second-order valence-electron chi connectivity index (χ2n) is 6.80. The monoisotopic (exact) mass is 413 g/mol. The summed E-state index contributed by atoms with van der Waals surface area (Å²) in [6, 6.07) is 6.39. The number of ether oxygens (including phenoxy) is 1. The van der Waals surface area contributed by atoms with Gasteiger partial charge in [-0.15, -0.1) is 12.6 Å². The maximum absolute atomic E-state index is 12.1. The number of halogens is 1. The van der Waals surface area contributed by atoms with Gasteiger partial charge in [-0.25, -0.2) is 0 Å². The molecule has 0 radical (unpaired) electrons. The van der Waals surface area contributed by atoms with Crippen molar-refractivity contribution in [2.45, 2.75) is 51.9 Å². The van der Waals surface area contributed by atoms with Gasteiger partial charge in [0.1, 0.15) is 0 Å². The molecule has 0 saturated heterocycles. The first kappa shape index (κ1) is 21.1. The minimum absolute atomic E-state index is 0.0200. The van der Waals surface area contributed by atoms with Crippen LogP contribution in [0, 0.1) is 0 Å². The Bertz CT molecular complexity index is 594. The molecule has 1 rings (SSSR count). The van der Waals surface area contributed by atoms with Gasteiger partial charge in [0.2, 0.25) is 0 Å². The minimum atomic E-state index is -0.176. The third-order valence-corrected chi connectivity index (χ3v) is 5.00. The van der Waals surface area contributed by atoms with Gasteiger partial charge < -0.3 is 10.1 Å². The van der Waals surface area contributed by atoms with Crippen LogP contribution in [0.5, 0.6) is 0 Å². The zero-order valence-corrected chi connectivity index (χ0v) is 17.6. The quantitative estimate of drug-likeness (QED) is 0.478. The molecule has 1 aromatic rings. The first-order chi connectivity index (χ1) is 11.2. The van der Waals surface area contributed by atoms with Gasteiger partial charge in [-0.2, -0.15) is 0 Å². The summed E-state index contributed by atoms with van der Waals surface area (Å²) in [5, 5.41) is 4.89. The van der Waals surface area contributed by atoms with Crippen molar-refractivity contribution in [2.75, 3.05) is 13.7 Å². The van der Waals surface area contributed by atoms with Crippen LogP contribution < -0.4 is 5.32 Å². The molecule has 1 aromatic carbocycles. The molecular formula is C19H28BrNO2S. The van der Waals surface area contributed by atoms with Crippen LogP contribution in [0.2, 0.25) is 0 Å². The molecule has 0 heterocycles. The van der Waals surface area contributed by atoms with Crippen molar-refractivity contribution in [3.05, 3.63) is 44.9 Å². The Morgan fingerprint density at radius 3 is 2.54 bits per heavy atom. The number of allylic oxidation sites excluding steroid dienone is 1. The number of esters is 1. The standard InChI is InChI=1S/C19H28BrNO2S/c1-6-23-18(22)10-13(9-15(12-24)21-5)16-11-14(19(2,3)4)7-8-17(16)20/h7-8,11-13,21,24H,6,9-10H2,1-5H3/b15-12-. The fraction of sp³-hybridized carbons (Fsp3) is 0.526. The van der Waals surface area contributed by atoms with E-state index < -0.39 is 0 Å². The van der Waals surface area contributed by atoms with Crippen LogP contribution in [0.3, 0.4) is 0 Å². The predicted molar refractivity (Wildman–Crippen MR) is 108 cm³/mol. The van der Waals surface area contributed by atoms with Crippen molar-refractivity contribution in [2.24, 2.45) is 0 Å². The fourth-order valence-corrected chi connectivity index (χ4v) is 3.33. The van der Waals surface area contributed by atoms with Crippen LogP contribution in [0.4, 0.5) is 0 Å². The van der Waals surface area contributed by atoms with Crippen LogP contribution in [-0.4, -0.2) is 19.6 Å². The molecule has 1 N–H and O–H groups in total. The normalized spacial score (nSPS) is 13.5. The Morgan fingerprint density at radius 1 is 1.38 bits per heavy atom. The van der Waals surface area contributed by atoms with Gasteiger partial charge in [0.05, 0.1) is 13.0 Å². The van der Waals surface area contributed by atoms with Crippen molar-refractivity contribution in [1.82, 2.24) is 5.32 Å². The summed E-state index contributed by atoms with van der Waals surface area (Å²) >= 11 is 7.90. The van der Waals surface area contributed by atoms with E-state index in [4.69, 9.17) is 4.74 Å². The van der Waals surface area contributed by atoms with E-state index in [1.807, 2.05) is 14.0 Å². The Kier molecular flexibility index (Phi) is 8.37. The molecule has 0 aliphatic heterocycles. The molecule has 1 unspecified atom stereocenters. The average Bonchev–Trinajstić information content (AvgIpc) is 2.51. The summed E-state index contributed by atoms with van der Waals surface area (Å²) in [5.74, 6) is -0.156. The van der Waals surface area contributed by atoms with Gasteiger partial charge in [0.15, 0.2) is 0 Å². The van der Waals surface area contributed by atoms with E-state index in [0.29, 0.717) is 19.4 Å². The Labute approximate surface area is 159 Å². The van der Waals surface area contributed by atoms with Crippen molar-refractivity contribution in [3.63, 3.8) is 0 Å². The van der Waals surface area contributed by atoms with Crippen molar-refractivity contribution >= 4 is 34.5 Å². The van der Waals surface area contributed by atoms with E-state index in [2.05, 4.69) is 72.8 Å². The predicted octanol–water partition coefficient (Wildman–Crippen LogP) is 5.16. The van der Waals surface area contributed by atoms with Crippen LogP contribution >= 0.6 is 28.6 Å². The van der Waals surface area contributed by atoms with E-state index in [0.717, 1.165) is 15.7 Å². The topological polar surface area (TPSA) is 38.3 Å². The fourth-order valence-electron chi connectivity index (χ4n) is 2.52. The van der Waals surface area contributed by atoms with Crippen molar-refractivity contribution in [3.8, 4) is 0 Å². The molecule has 1 atom stereocenters. The highest BCUT2D eigenvalue weighted by molar-refractivity contribution is 9.10. The molecule has 0 amide bonds. The van der Waals surface area contributed by atoms with Crippen LogP contribution in [0.1, 0.15) is 57.6 Å². The number of carbonyl (C=O) groups excluding carboxylic acids is 1. The van der Waals surface area contributed by atoms with Crippen LogP contribution in [0.25, 0.3) is 0 Å². The van der Waals surface area contributed by atoms with Gasteiger partial charge in [-0.3, -0.25) is 4.79 Å². The average molecular weight is 414 g/mol. The highest BCUT2D eigenvalue weighted by Crippen LogP contribution is 2.35. The molecule has 3 nitrogen and oxygen atoms in total. The highest BCUT2D eigenvalue weighted by atomic mass is 79.9. The van der Waals surface area contributed by atoms with Crippen molar-refractivity contribution in [1.29, 1.82) is 0 Å². The molecule has 5 heteroatoms. The Hall–Kier alpha value is -0.940. The first-order valence-corrected chi connectivity index (χ1v) is 9.50. The largest absolute Gasteiger partial charge is 0.466 e. The van der Waals surface area contributed by atoms with E-state index in [9.17, 15) is 4.79 Å². The van der Waals surface area contributed by atoms with Crippen molar-refractivity contribution < 1.29 is 9.53 Å². The summed E-state index contributed by atoms with van der Waals surface area (Å²) in [7, 11) is 1.87. The SMILES string of the molecule is CCOC(=O)CC(C/C(=C/S)NC)c1cc(C(C)(C)C)ccc1Br. The van der Waals surface area contributed by atoms with Gasteiger partial charge >= 0.3 is 5.97 Å². The molecule has 134 valence electrons. The van der Waals surface area contributed by atoms with E-state index in [-0.39, 0.29) is 17.3 Å². The smallest absolute Gasteiger partial charge is 0.306 e. The lowest BCUT2D eigenvalue weighted by Gasteiger charge is -2.24. The first-order valence-electron chi connectivity index (χ1n) is 8.19. The second-order valence-corrected chi connectivity index (χ2v) is 7.91. The molecule has 0 aliphatic carbocycles. The van der Waals surface area contributed by atoms with Crippen LogP contribution in [-0.2, 0) is 14.9 Å². The molecule has 0 bridgehead atoms. The molecule has 0 aromatic heterocycles. The number of benzene rings is 1. The molecule has 24 heavy (non-hydrogen) atoms. The number of carbonyl (C=O) groups is 1. The number of nitrogens with one attached hydrogen (secondary N) is 1. The minimum Gasteiger partial charge on any atom is -0.466 e. The van der Waals surface area contributed by atoms with Gasteiger partial charge in [-0.1, -0.05) is 48.8 Å². The van der Waals surface area contributed by atoms with Crippen LogP contribution in [0.15, 0.2) is 33.8 Å². The summed E-state index contributed by atoms with van der Waals surface area (Å²) in [4.78, 5) is 12.1. The maximum atomic E-state index is 12.1. The summed E-state index contributed by atoms with van der Waals surface area (Å²) in [5.41, 5.74) is 3.41. The lowest BCUT2D eigenvalue weighted by atomic mass is 9.83. The van der Waals surface area contributed by atoms with E-state index >= 15 is 0 Å². The summed E-state index contributed by atoms with van der Waals surface area (Å²) in [6.07, 6.45) is 1.04. The maximum Gasteiger partial charge on any atom is 0.306 e. The Balaban J connectivity index is 3.24. The third-order valence-electron chi connectivity index (χ3n) is 3.96. The zero-order valence-electron chi connectivity index (χ0n) is 15.1. The third kappa shape index (κ3) is 6.17. The van der Waals surface area contributed by atoms with E-state index in [1.54, 1.807) is 5.41 Å². The number of rotatable bonds is 7. The summed E-state index contributed by atoms with van der Waals surface area (Å²) < 4.78 is 6.18. The second kappa shape index (κ2) is 9.52. The molecule has 0 aliphatic rings. The lowest BCUT2D eigenvalue weighted by molar-refractivity contribution is -0.143. The number of thiol groups is 1. The molecule has 0 saturated carbocycles. The van der Waals surface area contributed by atoms with Gasteiger partial charge in [0.25, 0.3) is 0 Å². The van der Waals surface area contributed by atoms with E-state index in [1.165, 1.54) is 5.56 Å².